The highest BCUT2D eigenvalue weighted by Crippen LogP contribution is 2.34. The topological polar surface area (TPSA) is 18.5 Å². The molecule has 146 valence electrons. The summed E-state index contributed by atoms with van der Waals surface area (Å²) in [6.07, 6.45) is 2.48. The maximum Gasteiger partial charge on any atom is 0.166 e. The Labute approximate surface area is 158 Å². The lowest BCUT2D eigenvalue weighted by Crippen LogP contribution is -2.27. The smallest absolute Gasteiger partial charge is 0.166 e. The average molecular weight is 378 g/mol. The van der Waals surface area contributed by atoms with E-state index in [-0.39, 0.29) is 23.6 Å². The molecule has 0 aliphatic carbocycles. The van der Waals surface area contributed by atoms with Gasteiger partial charge in [0.2, 0.25) is 0 Å². The standard InChI is InChI=1S/C22H25F3O2/c1-3-5-14-6-7-15(12-19(14)23)17-9-10-18(22(25)21(17)24)16-8-11-20(26-4-2)27-13-16/h6-7,9-10,12,16,20H,3-5,8,11,13H2,1-2H3. The molecule has 27 heavy (non-hydrogen) atoms. The molecular formula is C22H25F3O2. The zero-order valence-corrected chi connectivity index (χ0v) is 15.7. The molecule has 1 fully saturated rings. The average Bonchev–Trinajstić information content (AvgIpc) is 2.67. The van der Waals surface area contributed by atoms with Crippen molar-refractivity contribution in [2.24, 2.45) is 0 Å². The van der Waals surface area contributed by atoms with Crippen LogP contribution in [0.25, 0.3) is 11.1 Å². The summed E-state index contributed by atoms with van der Waals surface area (Å²) in [6.45, 7) is 4.70. The van der Waals surface area contributed by atoms with Gasteiger partial charge in [-0.25, -0.2) is 13.2 Å². The fourth-order valence-corrected chi connectivity index (χ4v) is 3.58. The Kier molecular flexibility index (Phi) is 6.55. The molecule has 2 unspecified atom stereocenters. The number of halogens is 3. The summed E-state index contributed by atoms with van der Waals surface area (Å²) in [5.74, 6) is -2.43. The minimum Gasteiger partial charge on any atom is -0.353 e. The molecule has 0 bridgehead atoms. The van der Waals surface area contributed by atoms with Gasteiger partial charge in [-0.1, -0.05) is 37.6 Å². The SMILES string of the molecule is CCCc1ccc(-c2ccc(C3CCC(OCC)OC3)c(F)c2F)cc1F. The summed E-state index contributed by atoms with van der Waals surface area (Å²) < 4.78 is 54.6. The first kappa shape index (κ1) is 19.9. The van der Waals surface area contributed by atoms with Crippen molar-refractivity contribution in [2.45, 2.75) is 51.7 Å². The molecule has 0 radical (unpaired) electrons. The third-order valence-electron chi connectivity index (χ3n) is 5.02. The van der Waals surface area contributed by atoms with Gasteiger partial charge in [-0.3, -0.25) is 0 Å². The van der Waals surface area contributed by atoms with E-state index in [1.54, 1.807) is 18.2 Å². The number of ether oxygens (including phenoxy) is 2. The monoisotopic (exact) mass is 378 g/mol. The van der Waals surface area contributed by atoms with E-state index < -0.39 is 11.6 Å². The van der Waals surface area contributed by atoms with Crippen LogP contribution >= 0.6 is 0 Å². The van der Waals surface area contributed by atoms with Gasteiger partial charge < -0.3 is 9.47 Å². The fraction of sp³-hybridized carbons (Fsp3) is 0.455. The number of rotatable bonds is 6. The van der Waals surface area contributed by atoms with Crippen molar-refractivity contribution in [2.75, 3.05) is 13.2 Å². The van der Waals surface area contributed by atoms with E-state index in [2.05, 4.69) is 0 Å². The zero-order valence-electron chi connectivity index (χ0n) is 15.7. The van der Waals surface area contributed by atoms with Crippen LogP contribution in [0.5, 0.6) is 0 Å². The fourth-order valence-electron chi connectivity index (χ4n) is 3.58. The van der Waals surface area contributed by atoms with Crippen molar-refractivity contribution in [3.63, 3.8) is 0 Å². The Morgan fingerprint density at radius 1 is 1.04 bits per heavy atom. The van der Waals surface area contributed by atoms with Crippen LogP contribution in [0.2, 0.25) is 0 Å². The molecule has 0 amide bonds. The minimum atomic E-state index is -0.943. The molecule has 1 aliphatic rings. The Morgan fingerprint density at radius 2 is 1.85 bits per heavy atom. The van der Waals surface area contributed by atoms with Crippen LogP contribution in [0, 0.1) is 17.5 Å². The number of hydrogen-bond acceptors (Lipinski definition) is 2. The van der Waals surface area contributed by atoms with E-state index in [1.807, 2.05) is 13.8 Å². The summed E-state index contributed by atoms with van der Waals surface area (Å²) >= 11 is 0. The van der Waals surface area contributed by atoms with Gasteiger partial charge >= 0.3 is 0 Å². The van der Waals surface area contributed by atoms with Crippen LogP contribution in [0.1, 0.15) is 50.2 Å². The molecule has 0 saturated carbocycles. The van der Waals surface area contributed by atoms with Crippen LogP contribution < -0.4 is 0 Å². The van der Waals surface area contributed by atoms with Gasteiger partial charge in [0, 0.05) is 18.1 Å². The molecule has 2 atom stereocenters. The summed E-state index contributed by atoms with van der Waals surface area (Å²) in [6, 6.07) is 7.67. The van der Waals surface area contributed by atoms with Crippen molar-refractivity contribution in [3.05, 3.63) is 58.9 Å². The van der Waals surface area contributed by atoms with Gasteiger partial charge in [-0.05, 0) is 48.9 Å². The van der Waals surface area contributed by atoms with Crippen molar-refractivity contribution in [3.8, 4) is 11.1 Å². The Morgan fingerprint density at radius 3 is 2.48 bits per heavy atom. The Balaban J connectivity index is 1.82. The third-order valence-corrected chi connectivity index (χ3v) is 5.02. The van der Waals surface area contributed by atoms with Gasteiger partial charge in [0.15, 0.2) is 17.9 Å². The van der Waals surface area contributed by atoms with Crippen LogP contribution in [-0.2, 0) is 15.9 Å². The van der Waals surface area contributed by atoms with E-state index in [4.69, 9.17) is 9.47 Å². The van der Waals surface area contributed by atoms with E-state index >= 15 is 0 Å². The molecule has 2 aromatic rings. The van der Waals surface area contributed by atoms with Crippen LogP contribution in [0.15, 0.2) is 30.3 Å². The second-order valence-corrected chi connectivity index (χ2v) is 6.88. The van der Waals surface area contributed by atoms with Gasteiger partial charge in [-0.15, -0.1) is 0 Å². The molecule has 0 N–H and O–H groups in total. The van der Waals surface area contributed by atoms with Gasteiger partial charge in [0.25, 0.3) is 0 Å². The number of benzene rings is 2. The maximum atomic E-state index is 14.7. The largest absolute Gasteiger partial charge is 0.353 e. The molecule has 1 saturated heterocycles. The lowest BCUT2D eigenvalue weighted by molar-refractivity contribution is -0.164. The lowest BCUT2D eigenvalue weighted by atomic mass is 9.90. The molecule has 0 spiro atoms. The van der Waals surface area contributed by atoms with E-state index in [9.17, 15) is 13.2 Å². The molecular weight excluding hydrogens is 353 g/mol. The first-order valence-corrected chi connectivity index (χ1v) is 9.55. The highest BCUT2D eigenvalue weighted by molar-refractivity contribution is 5.65. The second-order valence-electron chi connectivity index (χ2n) is 6.88. The van der Waals surface area contributed by atoms with E-state index in [0.717, 1.165) is 6.42 Å². The van der Waals surface area contributed by atoms with Crippen LogP contribution in [0.3, 0.4) is 0 Å². The number of aryl methyl sites for hydroxylation is 1. The van der Waals surface area contributed by atoms with Crippen molar-refractivity contribution in [1.82, 2.24) is 0 Å². The highest BCUT2D eigenvalue weighted by Gasteiger charge is 2.27. The summed E-state index contributed by atoms with van der Waals surface area (Å²) in [5, 5.41) is 0. The third kappa shape index (κ3) is 4.36. The molecule has 0 aromatic heterocycles. The van der Waals surface area contributed by atoms with Gasteiger partial charge in [-0.2, -0.15) is 0 Å². The predicted molar refractivity (Wildman–Crippen MR) is 99.1 cm³/mol. The lowest BCUT2D eigenvalue weighted by Gasteiger charge is -2.29. The Hall–Kier alpha value is -1.85. The van der Waals surface area contributed by atoms with E-state index in [1.165, 1.54) is 12.1 Å². The highest BCUT2D eigenvalue weighted by atomic mass is 19.2. The zero-order chi connectivity index (χ0) is 19.4. The molecule has 1 aliphatic heterocycles. The first-order chi connectivity index (χ1) is 13.0. The van der Waals surface area contributed by atoms with Crippen molar-refractivity contribution in [1.29, 1.82) is 0 Å². The van der Waals surface area contributed by atoms with Crippen LogP contribution in [-0.4, -0.2) is 19.5 Å². The van der Waals surface area contributed by atoms with Crippen molar-refractivity contribution < 1.29 is 22.6 Å². The molecule has 1 heterocycles. The normalized spacial score (nSPS) is 20.0. The van der Waals surface area contributed by atoms with Gasteiger partial charge in [0.1, 0.15) is 5.82 Å². The second kappa shape index (κ2) is 8.89. The minimum absolute atomic E-state index is 0.0714. The molecule has 3 rings (SSSR count). The quantitative estimate of drug-likeness (QED) is 0.616. The summed E-state index contributed by atoms with van der Waals surface area (Å²) in [7, 11) is 0. The van der Waals surface area contributed by atoms with Crippen molar-refractivity contribution >= 4 is 0 Å². The Bertz CT molecular complexity index is 783. The van der Waals surface area contributed by atoms with E-state index in [0.29, 0.717) is 49.2 Å². The molecule has 2 nitrogen and oxygen atoms in total. The summed E-state index contributed by atoms with van der Waals surface area (Å²) in [5.41, 5.74) is 1.30. The maximum absolute atomic E-state index is 14.7. The summed E-state index contributed by atoms with van der Waals surface area (Å²) in [4.78, 5) is 0. The predicted octanol–water partition coefficient (Wildman–Crippen LogP) is 5.98. The molecule has 2 aromatic carbocycles. The number of hydrogen-bond donors (Lipinski definition) is 0. The molecule has 5 heteroatoms. The van der Waals surface area contributed by atoms with Crippen LogP contribution in [0.4, 0.5) is 13.2 Å². The first-order valence-electron chi connectivity index (χ1n) is 9.55. The van der Waals surface area contributed by atoms with Gasteiger partial charge in [0.05, 0.1) is 6.61 Å².